The number of carbonyl (C=O) groups is 4. The quantitative estimate of drug-likeness (QED) is 0.0977. The number of nitrogens with zero attached hydrogens (tertiary/aromatic N) is 5. The van der Waals surface area contributed by atoms with Gasteiger partial charge >= 0.3 is 12.2 Å². The third-order valence-corrected chi connectivity index (χ3v) is 16.1. The zero-order chi connectivity index (χ0) is 47.1. The van der Waals surface area contributed by atoms with Gasteiger partial charge in [0.05, 0.1) is 53.4 Å². The number of rotatable bonds is 12. The molecule has 6 aliphatic rings. The second kappa shape index (κ2) is 17.4. The number of aromatic amines is 2. The number of methoxy groups -OCH3 is 2. The number of H-pyrrole nitrogens is 2. The highest BCUT2D eigenvalue weighted by Crippen LogP contribution is 2.69. The molecule has 7 heterocycles. The lowest BCUT2D eigenvalue weighted by atomic mass is 9.90. The summed E-state index contributed by atoms with van der Waals surface area (Å²) < 4.78 is 20.8. The maximum Gasteiger partial charge on any atom is 0.407 e. The number of imidazole rings is 2. The van der Waals surface area contributed by atoms with E-state index < -0.39 is 24.3 Å². The van der Waals surface area contributed by atoms with Crippen molar-refractivity contribution in [1.29, 1.82) is 0 Å². The molecule has 2 aromatic carbocycles. The van der Waals surface area contributed by atoms with Crippen LogP contribution in [0.3, 0.4) is 0 Å². The Hall–Kier alpha value is -6.66. The van der Waals surface area contributed by atoms with Crippen LogP contribution in [0.2, 0.25) is 0 Å². The molecule has 358 valence electrons. The third-order valence-electron chi connectivity index (χ3n) is 16.1. The largest absolute Gasteiger partial charge is 0.453 e. The first-order valence-electron chi connectivity index (χ1n) is 24.4. The molecule has 4 aromatic heterocycles. The van der Waals surface area contributed by atoms with Crippen LogP contribution in [0, 0.1) is 41.4 Å². The van der Waals surface area contributed by atoms with Crippen molar-refractivity contribution in [2.75, 3.05) is 40.6 Å². The smallest absolute Gasteiger partial charge is 0.407 e. The molecular formula is C51H56N10O8. The Balaban J connectivity index is 0.705. The van der Waals surface area contributed by atoms with Crippen molar-refractivity contribution in [2.45, 2.75) is 75.7 Å². The molecule has 3 saturated carbocycles. The van der Waals surface area contributed by atoms with Crippen molar-refractivity contribution >= 4 is 57.1 Å². The van der Waals surface area contributed by atoms with Crippen molar-refractivity contribution in [2.24, 2.45) is 41.4 Å². The SMILES string of the molecule is COC(=O)N[C@H](C(=O)NC1C2C(Cc3nc4ccc(-c5cnc6cc(-c7ccc8nc([C@@H]9C[C@H]%10[C@@H](C)[C@H]%10N9C(=O)[C@@H](NC(=O)OC)C9CCOCC9)[nH]c8c7)cnc6c5)cc4[nH]3)[C@H]12)C1CCOCC1. The molecule has 0 radical (unpaired) electrons. The first-order valence-corrected chi connectivity index (χ1v) is 24.4. The predicted molar refractivity (Wildman–Crippen MR) is 252 cm³/mol. The van der Waals surface area contributed by atoms with E-state index in [4.69, 9.17) is 38.9 Å². The van der Waals surface area contributed by atoms with E-state index in [1.165, 1.54) is 14.2 Å². The standard InChI is InChI=1S/C51H56N10O8/c1-24-31-20-39(61(46(24)31)49(63)44(60-51(65)67-3)26-10-14-69-15-11-26)47-56-34-7-5-28(17-38(34)57-47)30-19-36-35(53-23-30)18-29(22-52-36)27-4-6-33-37(16-27)55-40(54-33)21-32-41-42(32)45(41)58-48(62)43(59-50(64)66-2)25-8-12-68-13-9-25/h4-7,16-19,22-26,31-32,39,41-46H,8-15,20-21H2,1-3H3,(H,54,55)(H,56,57)(H,58,62)(H,59,64)(H,60,65)/t24-,31+,32?,39+,41+,42?,43+,44+,45?,46-/m1/s1. The van der Waals surface area contributed by atoms with Crippen LogP contribution in [0.25, 0.3) is 55.4 Å². The fraction of sp³-hybridized carbons (Fsp3) is 0.490. The van der Waals surface area contributed by atoms with Crippen LogP contribution in [0.15, 0.2) is 60.9 Å². The number of benzene rings is 2. The average Bonchev–Trinajstić information content (AvgIpc) is 4.24. The highest BCUT2D eigenvalue weighted by atomic mass is 16.5. The number of fused-ring (bicyclic) bond motifs is 5. The maximum atomic E-state index is 14.5. The fourth-order valence-electron chi connectivity index (χ4n) is 12.0. The normalized spacial score (nSPS) is 27.0. The molecular weight excluding hydrogens is 881 g/mol. The molecule has 3 aliphatic heterocycles. The summed E-state index contributed by atoms with van der Waals surface area (Å²) in [5.74, 6) is 3.49. The number of amides is 4. The summed E-state index contributed by atoms with van der Waals surface area (Å²) in [7, 11) is 2.63. The van der Waals surface area contributed by atoms with Crippen molar-refractivity contribution < 1.29 is 38.1 Å². The summed E-state index contributed by atoms with van der Waals surface area (Å²) >= 11 is 0. The number of aromatic nitrogens is 6. The molecule has 4 amide bonds. The van der Waals surface area contributed by atoms with Crippen molar-refractivity contribution in [3.8, 4) is 22.3 Å². The fourth-order valence-corrected chi connectivity index (χ4v) is 12.0. The zero-order valence-corrected chi connectivity index (χ0v) is 38.8. The molecule has 3 unspecified atom stereocenters. The number of hydrogen-bond acceptors (Lipinski definition) is 12. The first-order chi connectivity index (χ1) is 33.6. The molecule has 5 N–H and O–H groups in total. The third kappa shape index (κ3) is 8.10. The van der Waals surface area contributed by atoms with Gasteiger partial charge in [0.25, 0.3) is 0 Å². The van der Waals surface area contributed by atoms with E-state index in [0.29, 0.717) is 81.7 Å². The van der Waals surface area contributed by atoms with Crippen LogP contribution in [0.1, 0.15) is 56.7 Å². The van der Waals surface area contributed by atoms with Gasteiger partial charge in [0.1, 0.15) is 23.7 Å². The van der Waals surface area contributed by atoms with E-state index in [2.05, 4.69) is 57.1 Å². The van der Waals surface area contributed by atoms with Gasteiger partial charge in [-0.1, -0.05) is 19.1 Å². The Morgan fingerprint density at radius 3 is 1.90 bits per heavy atom. The molecule has 3 aliphatic carbocycles. The summed E-state index contributed by atoms with van der Waals surface area (Å²) in [6.07, 6.45) is 6.97. The van der Waals surface area contributed by atoms with E-state index >= 15 is 0 Å². The Morgan fingerprint density at radius 2 is 1.29 bits per heavy atom. The lowest BCUT2D eigenvalue weighted by molar-refractivity contribution is -0.138. The second-order valence-electron chi connectivity index (χ2n) is 20.0. The first kappa shape index (κ1) is 43.6. The van der Waals surface area contributed by atoms with Gasteiger partial charge in [-0.05, 0) is 121 Å². The van der Waals surface area contributed by atoms with E-state index in [9.17, 15) is 19.2 Å². The van der Waals surface area contributed by atoms with Crippen LogP contribution >= 0.6 is 0 Å². The molecule has 18 nitrogen and oxygen atoms in total. The predicted octanol–water partition coefficient (Wildman–Crippen LogP) is 5.83. The lowest BCUT2D eigenvalue weighted by Crippen LogP contribution is -2.54. The second-order valence-corrected chi connectivity index (χ2v) is 20.0. The zero-order valence-electron chi connectivity index (χ0n) is 38.8. The number of pyridine rings is 2. The molecule has 6 aromatic rings. The summed E-state index contributed by atoms with van der Waals surface area (Å²) in [5, 5.41) is 8.82. The Kier molecular flexibility index (Phi) is 11.0. The molecule has 0 bridgehead atoms. The summed E-state index contributed by atoms with van der Waals surface area (Å²) in [5.41, 5.74) is 8.91. The molecule has 18 heteroatoms. The number of nitrogens with one attached hydrogen (secondary N) is 5. The summed E-state index contributed by atoms with van der Waals surface area (Å²) in [6, 6.07) is 15.1. The van der Waals surface area contributed by atoms with Gasteiger partial charge < -0.3 is 49.8 Å². The lowest BCUT2D eigenvalue weighted by Gasteiger charge is -2.35. The molecule has 6 fully saturated rings. The minimum absolute atomic E-state index is 0.0126. The van der Waals surface area contributed by atoms with Crippen molar-refractivity contribution in [1.82, 2.24) is 50.8 Å². The molecule has 10 atom stereocenters. The van der Waals surface area contributed by atoms with Crippen molar-refractivity contribution in [3.63, 3.8) is 0 Å². The maximum absolute atomic E-state index is 14.5. The summed E-state index contributed by atoms with van der Waals surface area (Å²) in [4.78, 5) is 81.0. The minimum Gasteiger partial charge on any atom is -0.453 e. The molecule has 3 saturated heterocycles. The van der Waals surface area contributed by atoms with Gasteiger partial charge in [0.15, 0.2) is 0 Å². The van der Waals surface area contributed by atoms with E-state index in [1.54, 1.807) is 0 Å². The van der Waals surface area contributed by atoms with Gasteiger partial charge in [0, 0.05) is 68.5 Å². The number of ether oxygens (including phenoxy) is 4. The summed E-state index contributed by atoms with van der Waals surface area (Å²) in [6.45, 7) is 4.46. The number of hydrogen-bond donors (Lipinski definition) is 5. The Labute approximate surface area is 397 Å². The van der Waals surface area contributed by atoms with Gasteiger partial charge in [-0.3, -0.25) is 19.6 Å². The Bertz CT molecular complexity index is 2990. The molecule has 0 spiro atoms. The number of piperidine rings is 1. The highest BCUT2D eigenvalue weighted by Gasteiger charge is 2.73. The van der Waals surface area contributed by atoms with E-state index in [0.717, 1.165) is 79.8 Å². The molecule has 12 rings (SSSR count). The van der Waals surface area contributed by atoms with Crippen LogP contribution in [0.5, 0.6) is 0 Å². The van der Waals surface area contributed by atoms with Gasteiger partial charge in [-0.25, -0.2) is 19.6 Å². The number of carbonyl (C=O) groups excluding carboxylic acids is 4. The van der Waals surface area contributed by atoms with Crippen LogP contribution in [-0.2, 0) is 35.0 Å². The average molecular weight is 937 g/mol. The monoisotopic (exact) mass is 936 g/mol. The van der Waals surface area contributed by atoms with Crippen molar-refractivity contribution in [3.05, 3.63) is 72.6 Å². The Morgan fingerprint density at radius 1 is 0.725 bits per heavy atom. The molecule has 69 heavy (non-hydrogen) atoms. The number of likely N-dealkylation sites (tertiary alicyclic amines) is 1. The van der Waals surface area contributed by atoms with Crippen LogP contribution < -0.4 is 16.0 Å². The van der Waals surface area contributed by atoms with Gasteiger partial charge in [0.2, 0.25) is 11.8 Å². The van der Waals surface area contributed by atoms with Gasteiger partial charge in [-0.15, -0.1) is 0 Å². The van der Waals surface area contributed by atoms with Gasteiger partial charge in [-0.2, -0.15) is 0 Å². The van der Waals surface area contributed by atoms with Crippen LogP contribution in [-0.4, -0.2) is 124 Å². The minimum atomic E-state index is -0.699. The van der Waals surface area contributed by atoms with E-state index in [1.807, 2.05) is 41.6 Å². The highest BCUT2D eigenvalue weighted by molar-refractivity contribution is 5.90. The number of alkyl carbamates (subject to hydrolysis) is 2. The topological polar surface area (TPSA) is 228 Å². The van der Waals surface area contributed by atoms with E-state index in [-0.39, 0.29) is 41.8 Å². The van der Waals surface area contributed by atoms with Crippen LogP contribution in [0.4, 0.5) is 9.59 Å².